The van der Waals surface area contributed by atoms with Crippen LogP contribution in [-0.4, -0.2) is 12.1 Å². The predicted molar refractivity (Wildman–Crippen MR) is 46.5 cm³/mol. The number of thiol groups is 1. The van der Waals surface area contributed by atoms with Gasteiger partial charge in [0.05, 0.1) is 6.10 Å². The lowest BCUT2D eigenvalue weighted by atomic mass is 10.0. The number of allylic oxidation sites excluding steroid dienone is 1. The van der Waals surface area contributed by atoms with Gasteiger partial charge in [-0.25, -0.2) is 4.79 Å². The fourth-order valence-electron chi connectivity index (χ4n) is 1.09. The molecule has 0 bridgehead atoms. The summed E-state index contributed by atoms with van der Waals surface area (Å²) < 4.78 is 5.01. The maximum absolute atomic E-state index is 11.1. The average Bonchev–Trinajstić information content (AvgIpc) is 1.85. The standard InChI is InChI=1S/C8H12O2S/c1-5-3-4-7(6(2)11)8(9)10-5/h5,11H,3-4H2,1-2H3/b7-6-. The molecule has 1 aliphatic heterocycles. The van der Waals surface area contributed by atoms with Crippen molar-refractivity contribution in [1.82, 2.24) is 0 Å². The molecule has 1 saturated heterocycles. The maximum Gasteiger partial charge on any atom is 0.335 e. The van der Waals surface area contributed by atoms with E-state index in [0.717, 1.165) is 23.3 Å². The highest BCUT2D eigenvalue weighted by Crippen LogP contribution is 2.23. The third-order valence-electron chi connectivity index (χ3n) is 1.79. The first kappa shape index (κ1) is 8.65. The number of carbonyl (C=O) groups excluding carboxylic acids is 1. The third-order valence-corrected chi connectivity index (χ3v) is 2.06. The van der Waals surface area contributed by atoms with Crippen LogP contribution in [0.4, 0.5) is 0 Å². The highest BCUT2D eigenvalue weighted by molar-refractivity contribution is 7.84. The van der Waals surface area contributed by atoms with Crippen LogP contribution in [-0.2, 0) is 9.53 Å². The second kappa shape index (κ2) is 3.30. The Kier molecular flexibility index (Phi) is 2.60. The second-order valence-electron chi connectivity index (χ2n) is 2.82. The summed E-state index contributed by atoms with van der Waals surface area (Å²) in [5, 5.41) is 0. The van der Waals surface area contributed by atoms with Crippen LogP contribution in [0.1, 0.15) is 26.7 Å². The Labute approximate surface area is 72.0 Å². The molecule has 0 spiro atoms. The lowest BCUT2D eigenvalue weighted by Crippen LogP contribution is -2.23. The molecule has 1 atom stereocenters. The number of hydrogen-bond acceptors (Lipinski definition) is 3. The number of esters is 1. The summed E-state index contributed by atoms with van der Waals surface area (Å²) in [5.41, 5.74) is 0.728. The lowest BCUT2D eigenvalue weighted by Gasteiger charge is -2.21. The van der Waals surface area contributed by atoms with E-state index in [1.807, 2.05) is 13.8 Å². The molecule has 1 fully saturated rings. The third kappa shape index (κ3) is 1.99. The fourth-order valence-corrected chi connectivity index (χ4v) is 1.29. The molecule has 0 aromatic heterocycles. The van der Waals surface area contributed by atoms with Gasteiger partial charge < -0.3 is 4.74 Å². The predicted octanol–water partition coefficient (Wildman–Crippen LogP) is 1.92. The summed E-state index contributed by atoms with van der Waals surface area (Å²) in [6, 6.07) is 0. The van der Waals surface area contributed by atoms with Crippen LogP contribution in [0.5, 0.6) is 0 Å². The van der Waals surface area contributed by atoms with E-state index in [0.29, 0.717) is 0 Å². The van der Waals surface area contributed by atoms with Crippen molar-refractivity contribution in [2.24, 2.45) is 0 Å². The molecule has 1 unspecified atom stereocenters. The normalized spacial score (nSPS) is 29.7. The van der Waals surface area contributed by atoms with Gasteiger partial charge in [-0.15, -0.1) is 12.6 Å². The van der Waals surface area contributed by atoms with Gasteiger partial charge in [0.15, 0.2) is 0 Å². The minimum Gasteiger partial charge on any atom is -0.459 e. The largest absolute Gasteiger partial charge is 0.459 e. The summed E-state index contributed by atoms with van der Waals surface area (Å²) >= 11 is 4.11. The van der Waals surface area contributed by atoms with Crippen LogP contribution >= 0.6 is 12.6 Å². The minimum absolute atomic E-state index is 0.0685. The Hall–Kier alpha value is -0.440. The Morgan fingerprint density at radius 3 is 2.82 bits per heavy atom. The van der Waals surface area contributed by atoms with Crippen LogP contribution in [0, 0.1) is 0 Å². The van der Waals surface area contributed by atoms with E-state index in [1.54, 1.807) is 0 Å². The number of hydrogen-bond donors (Lipinski definition) is 1. The summed E-state index contributed by atoms with van der Waals surface area (Å²) in [5.74, 6) is -0.198. The maximum atomic E-state index is 11.1. The van der Waals surface area contributed by atoms with Gasteiger partial charge in [-0.2, -0.15) is 0 Å². The van der Waals surface area contributed by atoms with Gasteiger partial charge >= 0.3 is 5.97 Å². The van der Waals surface area contributed by atoms with Gasteiger partial charge in [-0.3, -0.25) is 0 Å². The average molecular weight is 172 g/mol. The molecule has 0 aromatic rings. The van der Waals surface area contributed by atoms with Gasteiger partial charge in [0.1, 0.15) is 0 Å². The van der Waals surface area contributed by atoms with Gasteiger partial charge in [0, 0.05) is 5.57 Å². The van der Waals surface area contributed by atoms with Gasteiger partial charge in [-0.05, 0) is 31.6 Å². The van der Waals surface area contributed by atoms with E-state index >= 15 is 0 Å². The molecule has 0 radical (unpaired) electrons. The van der Waals surface area contributed by atoms with Crippen LogP contribution in [0.3, 0.4) is 0 Å². The van der Waals surface area contributed by atoms with E-state index < -0.39 is 0 Å². The summed E-state index contributed by atoms with van der Waals surface area (Å²) in [6.45, 7) is 3.72. The highest BCUT2D eigenvalue weighted by Gasteiger charge is 2.22. The molecule has 2 nitrogen and oxygen atoms in total. The molecule has 0 aromatic carbocycles. The monoisotopic (exact) mass is 172 g/mol. The van der Waals surface area contributed by atoms with Gasteiger partial charge in [0.2, 0.25) is 0 Å². The molecule has 11 heavy (non-hydrogen) atoms. The minimum atomic E-state index is -0.198. The van der Waals surface area contributed by atoms with E-state index in [4.69, 9.17) is 4.74 Å². The Bertz CT molecular complexity index is 204. The quantitative estimate of drug-likeness (QED) is 0.343. The first-order chi connectivity index (χ1) is 5.11. The van der Waals surface area contributed by atoms with Crippen molar-refractivity contribution in [3.05, 3.63) is 10.5 Å². The van der Waals surface area contributed by atoms with Crippen molar-refractivity contribution < 1.29 is 9.53 Å². The van der Waals surface area contributed by atoms with Crippen molar-refractivity contribution in [1.29, 1.82) is 0 Å². The number of carbonyl (C=O) groups is 1. The number of rotatable bonds is 0. The van der Waals surface area contributed by atoms with Gasteiger partial charge in [0.25, 0.3) is 0 Å². The number of cyclic esters (lactones) is 1. The Balaban J connectivity index is 2.74. The molecular weight excluding hydrogens is 160 g/mol. The molecule has 62 valence electrons. The fraction of sp³-hybridized carbons (Fsp3) is 0.625. The highest BCUT2D eigenvalue weighted by atomic mass is 32.1. The zero-order valence-electron chi connectivity index (χ0n) is 6.76. The molecule has 0 N–H and O–H groups in total. The van der Waals surface area contributed by atoms with Crippen molar-refractivity contribution in [2.45, 2.75) is 32.8 Å². The Morgan fingerprint density at radius 2 is 2.36 bits per heavy atom. The molecule has 1 rings (SSSR count). The first-order valence-corrected chi connectivity index (χ1v) is 4.15. The zero-order valence-corrected chi connectivity index (χ0v) is 7.65. The van der Waals surface area contributed by atoms with Crippen LogP contribution < -0.4 is 0 Å². The molecule has 1 aliphatic rings. The van der Waals surface area contributed by atoms with Crippen molar-refractivity contribution in [2.75, 3.05) is 0 Å². The first-order valence-electron chi connectivity index (χ1n) is 3.71. The van der Waals surface area contributed by atoms with E-state index in [1.165, 1.54) is 0 Å². The van der Waals surface area contributed by atoms with E-state index in [9.17, 15) is 4.79 Å². The van der Waals surface area contributed by atoms with Crippen LogP contribution in [0.15, 0.2) is 10.5 Å². The molecule has 0 saturated carbocycles. The molecule has 0 amide bonds. The van der Waals surface area contributed by atoms with E-state index in [-0.39, 0.29) is 12.1 Å². The SMILES string of the molecule is C/C(S)=C1\CCC(C)OC1=O. The van der Waals surface area contributed by atoms with Crippen molar-refractivity contribution in [3.8, 4) is 0 Å². The van der Waals surface area contributed by atoms with Crippen molar-refractivity contribution >= 4 is 18.6 Å². The summed E-state index contributed by atoms with van der Waals surface area (Å²) in [7, 11) is 0. The van der Waals surface area contributed by atoms with Crippen molar-refractivity contribution in [3.63, 3.8) is 0 Å². The molecule has 1 heterocycles. The van der Waals surface area contributed by atoms with E-state index in [2.05, 4.69) is 12.6 Å². The molecule has 3 heteroatoms. The molecular formula is C8H12O2S. The summed E-state index contributed by atoms with van der Waals surface area (Å²) in [4.78, 5) is 11.9. The molecule has 0 aliphatic carbocycles. The van der Waals surface area contributed by atoms with Crippen LogP contribution in [0.25, 0.3) is 0 Å². The van der Waals surface area contributed by atoms with Crippen LogP contribution in [0.2, 0.25) is 0 Å². The zero-order chi connectivity index (χ0) is 8.43. The topological polar surface area (TPSA) is 26.3 Å². The summed E-state index contributed by atoms with van der Waals surface area (Å²) in [6.07, 6.45) is 1.79. The Morgan fingerprint density at radius 1 is 1.73 bits per heavy atom. The smallest absolute Gasteiger partial charge is 0.335 e. The number of ether oxygens (including phenoxy) is 1. The second-order valence-corrected chi connectivity index (χ2v) is 3.49. The van der Waals surface area contributed by atoms with Gasteiger partial charge in [-0.1, -0.05) is 0 Å². The lowest BCUT2D eigenvalue weighted by molar-refractivity contribution is -0.146.